The number of allylic oxidation sites excluding steroid dienone is 1. The van der Waals surface area contributed by atoms with E-state index in [1.165, 1.54) is 17.0 Å². The fourth-order valence-corrected chi connectivity index (χ4v) is 12.6. The number of nitrogens with zero attached hydrogens (tertiary/aromatic N) is 7. The number of nitrogens with one attached hydrogen (secondary N) is 1. The zero-order valence-corrected chi connectivity index (χ0v) is 40.6. The number of piperidine rings is 1. The van der Waals surface area contributed by atoms with Gasteiger partial charge in [-0.2, -0.15) is 5.10 Å². The molecule has 2 atom stereocenters. The maximum atomic E-state index is 15.4. The highest BCUT2D eigenvalue weighted by atomic mass is 19.1. The summed E-state index contributed by atoms with van der Waals surface area (Å²) in [5, 5.41) is 42.9. The summed E-state index contributed by atoms with van der Waals surface area (Å²) < 4.78 is 29.1. The van der Waals surface area contributed by atoms with Gasteiger partial charge < -0.3 is 44.5 Å². The van der Waals surface area contributed by atoms with Crippen LogP contribution in [0, 0.1) is 31.0 Å². The van der Waals surface area contributed by atoms with E-state index in [2.05, 4.69) is 45.5 Å². The molecule has 0 radical (unpaired) electrons. The maximum absolute atomic E-state index is 15.4. The van der Waals surface area contributed by atoms with Crippen molar-refractivity contribution in [2.75, 3.05) is 44.4 Å². The number of alkyl carbamates (subject to hydrolysis) is 1. The predicted octanol–water partition coefficient (Wildman–Crippen LogP) is 8.04. The molecule has 6 heterocycles. The van der Waals surface area contributed by atoms with Gasteiger partial charge in [0, 0.05) is 73.0 Å². The first-order valence-corrected chi connectivity index (χ1v) is 24.9. The van der Waals surface area contributed by atoms with E-state index in [0.717, 1.165) is 105 Å². The van der Waals surface area contributed by atoms with Gasteiger partial charge in [-0.25, -0.2) is 14.2 Å². The quantitative estimate of drug-likeness (QED) is 0.0428. The molecule has 1 saturated carbocycles. The summed E-state index contributed by atoms with van der Waals surface area (Å²) in [6.45, 7) is 19.2. The number of likely N-dealkylation sites (tertiary alicyclic amines) is 2. The number of rotatable bonds is 11. The van der Waals surface area contributed by atoms with E-state index in [1.807, 2.05) is 30.3 Å². The molecule has 15 nitrogen and oxygen atoms in total. The summed E-state index contributed by atoms with van der Waals surface area (Å²) in [4.78, 5) is 39.4. The Morgan fingerprint density at radius 2 is 1.79 bits per heavy atom. The molecule has 2 aromatic heterocycles. The maximum Gasteiger partial charge on any atom is 0.407 e. The van der Waals surface area contributed by atoms with Crippen LogP contribution in [0.3, 0.4) is 0 Å². The van der Waals surface area contributed by atoms with Gasteiger partial charge in [-0.1, -0.05) is 25.6 Å². The molecule has 2 saturated heterocycles. The summed E-state index contributed by atoms with van der Waals surface area (Å²) in [7, 11) is 0. The molecule has 4 aliphatic heterocycles. The largest absolute Gasteiger partial charge is 0.508 e. The van der Waals surface area contributed by atoms with E-state index in [1.54, 1.807) is 24.5 Å². The number of aliphatic hydroxyl groups excluding tert-OH is 1. The Morgan fingerprint density at radius 3 is 2.51 bits per heavy atom. The lowest BCUT2D eigenvalue weighted by atomic mass is 9.61. The summed E-state index contributed by atoms with van der Waals surface area (Å²) in [5.41, 5.74) is 9.47. The summed E-state index contributed by atoms with van der Waals surface area (Å²) in [6.07, 6.45) is 5.25. The van der Waals surface area contributed by atoms with E-state index in [-0.39, 0.29) is 58.8 Å². The number of amidine groups is 1. The first-order valence-electron chi connectivity index (χ1n) is 24.9. The molecule has 5 aromatic rings. The molecule has 370 valence electrons. The van der Waals surface area contributed by atoms with Crippen molar-refractivity contribution >= 4 is 35.2 Å². The lowest BCUT2D eigenvalue weighted by Crippen LogP contribution is -2.65. The van der Waals surface area contributed by atoms with Crippen LogP contribution < -0.4 is 15.8 Å². The average molecular weight is 965 g/mol. The molecule has 11 rings (SSSR count). The van der Waals surface area contributed by atoms with Crippen molar-refractivity contribution in [1.82, 2.24) is 24.7 Å². The zero-order chi connectivity index (χ0) is 49.5. The van der Waals surface area contributed by atoms with Crippen molar-refractivity contribution in [3.05, 3.63) is 127 Å². The standard InChI is InChI=1S/C55H61FN8O7/c1-6-37-32(4)70-26-42-39(37)18-46-51-41(25-63(46)53(42)68)50-44(12-11-38-31(3)43(56)19-45(58-51)49(38)50)59-54(69)71-36-21-55(22-36)27-62(28-55)24-34-13-15-61(16-14-34)23-33-7-9-35(10-8-33)64(29-65)52(60-57-5)40-17-30(2)47(66)20-48(40)67/h7-10,17-20,34,36-37,44,65-67H,4-6,11-16,21-29H2,1-3H3,(H,59,69)/b60-52-. The molecule has 4 N–H and O–H groups in total. The molecule has 3 fully saturated rings. The van der Waals surface area contributed by atoms with Gasteiger partial charge in [0.1, 0.15) is 36.8 Å². The number of hydrogen-bond donors (Lipinski definition) is 4. The van der Waals surface area contributed by atoms with Gasteiger partial charge in [0.25, 0.3) is 5.56 Å². The monoisotopic (exact) mass is 964 g/mol. The number of aryl methyl sites for hydroxylation is 2. The minimum absolute atomic E-state index is 0.0457. The van der Waals surface area contributed by atoms with E-state index < -0.39 is 12.8 Å². The smallest absolute Gasteiger partial charge is 0.407 e. The number of hydrogen-bond acceptors (Lipinski definition) is 12. The van der Waals surface area contributed by atoms with Gasteiger partial charge in [-0.3, -0.25) is 9.69 Å². The van der Waals surface area contributed by atoms with E-state index in [9.17, 15) is 24.9 Å². The average Bonchev–Trinajstić information content (AvgIpc) is 3.70. The van der Waals surface area contributed by atoms with Crippen molar-refractivity contribution < 1.29 is 34.0 Å². The molecule has 16 heteroatoms. The van der Waals surface area contributed by atoms with Crippen LogP contribution in [0.25, 0.3) is 22.3 Å². The van der Waals surface area contributed by atoms with Gasteiger partial charge in [-0.15, -0.1) is 5.10 Å². The van der Waals surface area contributed by atoms with Crippen molar-refractivity contribution in [2.24, 2.45) is 21.5 Å². The Morgan fingerprint density at radius 1 is 1.03 bits per heavy atom. The zero-order valence-electron chi connectivity index (χ0n) is 40.6. The third kappa shape index (κ3) is 8.23. The highest BCUT2D eigenvalue weighted by Crippen LogP contribution is 2.51. The third-order valence-corrected chi connectivity index (χ3v) is 16.3. The van der Waals surface area contributed by atoms with Gasteiger partial charge in [0.05, 0.1) is 46.4 Å². The first-order chi connectivity index (χ1) is 34.2. The number of aromatic nitrogens is 2. The number of phenols is 2. The first kappa shape index (κ1) is 46.7. The SMILES string of the molecule is C=N/N=C(/c1cc(C)c(O)cc1O)N(CO)c1ccc(CN2CCC(CN3CC4(CC(OC(=O)NC5CCc6c(C)c(F)cc7nc8c(c5c67)Cn5c-8cc6c(c5=O)COC(=C)C6CC)C4)C3)CC2)cc1. The number of anilines is 1. The summed E-state index contributed by atoms with van der Waals surface area (Å²) in [5.74, 6) is 0.834. The van der Waals surface area contributed by atoms with Crippen molar-refractivity contribution in [3.63, 3.8) is 0 Å². The lowest BCUT2D eigenvalue weighted by molar-refractivity contribution is -0.134. The van der Waals surface area contributed by atoms with Gasteiger partial charge >= 0.3 is 6.09 Å². The molecular formula is C55H61FN8O7. The minimum atomic E-state index is -0.446. The molecule has 2 unspecified atom stereocenters. The Hall–Kier alpha value is -6.62. The number of fused-ring (bicyclic) bond motifs is 5. The van der Waals surface area contributed by atoms with Crippen molar-refractivity contribution in [2.45, 2.75) is 103 Å². The fraction of sp³-hybridized carbons (Fsp3) is 0.436. The van der Waals surface area contributed by atoms with Crippen LogP contribution in [0.5, 0.6) is 11.5 Å². The van der Waals surface area contributed by atoms with Gasteiger partial charge in [-0.05, 0) is 135 Å². The second-order valence-corrected chi connectivity index (χ2v) is 20.8. The van der Waals surface area contributed by atoms with Crippen LogP contribution in [-0.4, -0.2) is 98.9 Å². The normalized spacial score (nSPS) is 20.7. The summed E-state index contributed by atoms with van der Waals surface area (Å²) in [6, 6.07) is 13.9. The molecule has 1 amide bonds. The Bertz CT molecular complexity index is 3090. The Labute approximate surface area is 411 Å². The Kier molecular flexibility index (Phi) is 12.0. The number of benzene rings is 3. The molecule has 0 bridgehead atoms. The topological polar surface area (TPSA) is 178 Å². The van der Waals surface area contributed by atoms with Crippen molar-refractivity contribution in [3.8, 4) is 22.9 Å². The lowest BCUT2D eigenvalue weighted by Gasteiger charge is -2.59. The van der Waals surface area contributed by atoms with Crippen LogP contribution in [0.1, 0.15) is 107 Å². The second-order valence-electron chi connectivity index (χ2n) is 20.8. The van der Waals surface area contributed by atoms with E-state index >= 15 is 4.39 Å². The number of carbonyl (C=O) groups is 1. The minimum Gasteiger partial charge on any atom is -0.508 e. The van der Waals surface area contributed by atoms with Crippen LogP contribution in [0.15, 0.2) is 75.9 Å². The number of ether oxygens (including phenoxy) is 2. The fourth-order valence-electron chi connectivity index (χ4n) is 12.6. The number of amides is 1. The van der Waals surface area contributed by atoms with Crippen LogP contribution in [-0.2, 0) is 35.6 Å². The molecular weight excluding hydrogens is 904 g/mol. The molecule has 6 aliphatic rings. The number of aliphatic hydroxyl groups is 1. The second kappa shape index (κ2) is 18.2. The predicted molar refractivity (Wildman–Crippen MR) is 269 cm³/mol. The third-order valence-electron chi connectivity index (χ3n) is 16.3. The molecule has 2 aliphatic carbocycles. The molecule has 71 heavy (non-hydrogen) atoms. The number of carbonyl (C=O) groups excluding carboxylic acids is 1. The van der Waals surface area contributed by atoms with Crippen LogP contribution in [0.4, 0.5) is 14.9 Å². The highest BCUT2D eigenvalue weighted by molar-refractivity contribution is 6.11. The van der Waals surface area contributed by atoms with Crippen LogP contribution >= 0.6 is 0 Å². The molecule has 3 aromatic carbocycles. The summed E-state index contributed by atoms with van der Waals surface area (Å²) >= 11 is 0. The van der Waals surface area contributed by atoms with E-state index in [0.29, 0.717) is 75.9 Å². The number of pyridine rings is 2. The van der Waals surface area contributed by atoms with E-state index in [4.69, 9.17) is 14.5 Å². The number of halogens is 1. The number of phenolic OH excluding ortho intramolecular Hbond substituents is 2. The molecule has 1 spiro atoms. The van der Waals surface area contributed by atoms with Crippen LogP contribution in [0.2, 0.25) is 0 Å². The van der Waals surface area contributed by atoms with Crippen molar-refractivity contribution in [1.29, 1.82) is 0 Å². The number of aromatic hydroxyl groups is 2. The van der Waals surface area contributed by atoms with Gasteiger partial charge in [0.2, 0.25) is 0 Å². The van der Waals surface area contributed by atoms with Gasteiger partial charge in [0.15, 0.2) is 5.84 Å². The highest BCUT2D eigenvalue weighted by Gasteiger charge is 2.54. The Balaban J connectivity index is 0.675.